The van der Waals surface area contributed by atoms with Gasteiger partial charge < -0.3 is 19.9 Å². The van der Waals surface area contributed by atoms with Crippen LogP contribution in [0.3, 0.4) is 0 Å². The number of allylic oxidation sites excluding steroid dienone is 1. The summed E-state index contributed by atoms with van der Waals surface area (Å²) in [5.74, 6) is -0.740. The molecule has 1 amide bonds. The van der Waals surface area contributed by atoms with E-state index in [0.717, 1.165) is 23.7 Å². The monoisotopic (exact) mass is 471 g/mol. The lowest BCUT2D eigenvalue weighted by Crippen LogP contribution is -2.46. The topological polar surface area (TPSA) is 90.7 Å². The molecule has 178 valence electrons. The number of nitrogens with zero attached hydrogens (tertiary/aromatic N) is 4. The van der Waals surface area contributed by atoms with Gasteiger partial charge in [0, 0.05) is 54.5 Å². The molecule has 33 heavy (non-hydrogen) atoms. The third-order valence-corrected chi connectivity index (χ3v) is 7.50. The van der Waals surface area contributed by atoms with E-state index in [2.05, 4.69) is 20.1 Å². The van der Waals surface area contributed by atoms with E-state index in [9.17, 15) is 14.7 Å². The van der Waals surface area contributed by atoms with E-state index >= 15 is 0 Å². The summed E-state index contributed by atoms with van der Waals surface area (Å²) in [5.41, 5.74) is 1.43. The van der Waals surface area contributed by atoms with Crippen LogP contribution in [0.15, 0.2) is 34.6 Å². The molecule has 4 atom stereocenters. The van der Waals surface area contributed by atoms with Crippen LogP contribution in [0.4, 0.5) is 0 Å². The number of aliphatic hydroxyl groups is 1. The van der Waals surface area contributed by atoms with Crippen molar-refractivity contribution in [3.8, 4) is 0 Å². The summed E-state index contributed by atoms with van der Waals surface area (Å²) in [6, 6.07) is 3.41. The van der Waals surface area contributed by atoms with Crippen LogP contribution in [0.2, 0.25) is 0 Å². The Balaban J connectivity index is 1.70. The molecule has 2 bridgehead atoms. The number of amides is 1. The van der Waals surface area contributed by atoms with Gasteiger partial charge in [-0.2, -0.15) is 0 Å². The molecule has 0 unspecified atom stereocenters. The molecular formula is C24H33N5O3S. The number of hydrogen-bond acceptors (Lipinski definition) is 7. The first-order chi connectivity index (χ1) is 16.0. The summed E-state index contributed by atoms with van der Waals surface area (Å²) in [6.45, 7) is 4.32. The second-order valence-electron chi connectivity index (χ2n) is 9.06. The summed E-state index contributed by atoms with van der Waals surface area (Å²) < 4.78 is 1.81. The number of carbonyl (C=O) groups excluding carboxylic acids is 1. The minimum Gasteiger partial charge on any atom is -0.396 e. The highest BCUT2D eigenvalue weighted by Crippen LogP contribution is 2.49. The van der Waals surface area contributed by atoms with Gasteiger partial charge in [0.15, 0.2) is 0 Å². The Morgan fingerprint density at radius 1 is 1.39 bits per heavy atom. The van der Waals surface area contributed by atoms with Gasteiger partial charge in [-0.25, -0.2) is 4.98 Å². The summed E-state index contributed by atoms with van der Waals surface area (Å²) in [6.07, 6.45) is 6.31. The molecule has 4 heterocycles. The van der Waals surface area contributed by atoms with E-state index in [1.807, 2.05) is 55.3 Å². The average molecular weight is 472 g/mol. The smallest absolute Gasteiger partial charge is 0.258 e. The summed E-state index contributed by atoms with van der Waals surface area (Å²) in [5, 5.41) is 16.4. The molecule has 2 aromatic heterocycles. The lowest BCUT2D eigenvalue weighted by Gasteiger charge is -2.37. The Morgan fingerprint density at radius 2 is 2.21 bits per heavy atom. The number of hydrogen-bond donors (Lipinski definition) is 2. The fourth-order valence-corrected chi connectivity index (χ4v) is 5.90. The number of fused-ring (bicyclic) bond motifs is 4. The quantitative estimate of drug-likeness (QED) is 0.540. The lowest BCUT2D eigenvalue weighted by molar-refractivity contribution is -0.127. The predicted octanol–water partition coefficient (Wildman–Crippen LogP) is 1.57. The van der Waals surface area contributed by atoms with Crippen molar-refractivity contribution in [1.29, 1.82) is 0 Å². The highest BCUT2D eigenvalue weighted by atomic mass is 32.1. The molecule has 9 heteroatoms. The zero-order valence-electron chi connectivity index (χ0n) is 19.5. The van der Waals surface area contributed by atoms with Crippen LogP contribution in [0, 0.1) is 11.8 Å². The van der Waals surface area contributed by atoms with E-state index in [-0.39, 0.29) is 36.1 Å². The molecule has 1 fully saturated rings. The standard InChI is InChI=1S/C24H33N5O3S/c1-4-6-16-7-8-18-22-21(23(31)26-9-5-11-27(2)3)17(15-30)19(13-29(18)24(16)32)28(22)14-20-25-10-12-33-20/h4,6-8,10,12,17,19,21-22,30H,5,9,11,13-15H2,1-3H3,(H,26,31)/b6-4-/t17-,19-,21+,22+/m1/s1. The van der Waals surface area contributed by atoms with E-state index in [0.29, 0.717) is 25.2 Å². The number of aromatic nitrogens is 2. The molecule has 4 rings (SSSR count). The number of aliphatic hydroxyl groups excluding tert-OH is 1. The summed E-state index contributed by atoms with van der Waals surface area (Å²) >= 11 is 1.58. The van der Waals surface area contributed by atoms with Crippen molar-refractivity contribution in [3.05, 3.63) is 56.4 Å². The van der Waals surface area contributed by atoms with Gasteiger partial charge in [-0.05, 0) is 46.1 Å². The van der Waals surface area contributed by atoms with Crippen molar-refractivity contribution in [3.63, 3.8) is 0 Å². The Morgan fingerprint density at radius 3 is 2.88 bits per heavy atom. The van der Waals surface area contributed by atoms with Crippen LogP contribution in [0.1, 0.15) is 35.7 Å². The molecule has 0 aromatic carbocycles. The van der Waals surface area contributed by atoms with Crippen molar-refractivity contribution in [1.82, 2.24) is 24.7 Å². The average Bonchev–Trinajstić information content (AvgIpc) is 3.37. The summed E-state index contributed by atoms with van der Waals surface area (Å²) in [7, 11) is 4.02. The van der Waals surface area contributed by atoms with Gasteiger partial charge in [0.25, 0.3) is 5.56 Å². The van der Waals surface area contributed by atoms with Crippen molar-refractivity contribution in [2.24, 2.45) is 11.8 Å². The van der Waals surface area contributed by atoms with Crippen LogP contribution in [-0.2, 0) is 17.9 Å². The number of thiazole rings is 1. The van der Waals surface area contributed by atoms with Gasteiger partial charge in [-0.3, -0.25) is 14.5 Å². The summed E-state index contributed by atoms with van der Waals surface area (Å²) in [4.78, 5) is 35.5. The first-order valence-corrected chi connectivity index (χ1v) is 12.4. The lowest BCUT2D eigenvalue weighted by atomic mass is 9.86. The molecule has 1 saturated heterocycles. The zero-order valence-corrected chi connectivity index (χ0v) is 20.3. The third kappa shape index (κ3) is 4.68. The molecule has 2 N–H and O–H groups in total. The van der Waals surface area contributed by atoms with Gasteiger partial charge in [-0.1, -0.05) is 12.2 Å². The second kappa shape index (κ2) is 10.3. The normalized spacial score (nSPS) is 24.5. The third-order valence-electron chi connectivity index (χ3n) is 6.73. The molecule has 2 aliphatic rings. The molecule has 0 radical (unpaired) electrons. The van der Waals surface area contributed by atoms with E-state index in [1.54, 1.807) is 17.5 Å². The van der Waals surface area contributed by atoms with Crippen molar-refractivity contribution in [2.75, 3.05) is 33.8 Å². The van der Waals surface area contributed by atoms with Gasteiger partial charge in [0.1, 0.15) is 5.01 Å². The Hall–Kier alpha value is -2.33. The molecule has 8 nitrogen and oxygen atoms in total. The Kier molecular flexibility index (Phi) is 7.43. The van der Waals surface area contributed by atoms with Gasteiger partial charge >= 0.3 is 0 Å². The van der Waals surface area contributed by atoms with Crippen LogP contribution >= 0.6 is 11.3 Å². The van der Waals surface area contributed by atoms with Crippen LogP contribution < -0.4 is 10.9 Å². The maximum Gasteiger partial charge on any atom is 0.258 e. The highest BCUT2D eigenvalue weighted by Gasteiger charge is 2.55. The van der Waals surface area contributed by atoms with E-state index < -0.39 is 5.92 Å². The maximum absolute atomic E-state index is 13.4. The van der Waals surface area contributed by atoms with Gasteiger partial charge in [-0.15, -0.1) is 11.3 Å². The number of rotatable bonds is 9. The number of nitrogens with one attached hydrogen (secondary N) is 1. The first kappa shape index (κ1) is 23.8. The second-order valence-corrected chi connectivity index (χ2v) is 10.0. The van der Waals surface area contributed by atoms with E-state index in [4.69, 9.17) is 0 Å². The van der Waals surface area contributed by atoms with Crippen LogP contribution in [-0.4, -0.2) is 70.2 Å². The molecule has 0 spiro atoms. The van der Waals surface area contributed by atoms with Crippen molar-refractivity contribution in [2.45, 2.75) is 38.5 Å². The number of carbonyl (C=O) groups is 1. The van der Waals surface area contributed by atoms with Crippen molar-refractivity contribution < 1.29 is 9.90 Å². The van der Waals surface area contributed by atoms with E-state index in [1.165, 1.54) is 0 Å². The predicted molar refractivity (Wildman–Crippen MR) is 130 cm³/mol. The Labute approximate surface area is 198 Å². The minimum atomic E-state index is -0.431. The maximum atomic E-state index is 13.4. The van der Waals surface area contributed by atoms with Gasteiger partial charge in [0.05, 0.1) is 18.5 Å². The van der Waals surface area contributed by atoms with Crippen LogP contribution in [0.25, 0.3) is 6.08 Å². The fourth-order valence-electron chi connectivity index (χ4n) is 5.28. The Bertz CT molecular complexity index is 1050. The van der Waals surface area contributed by atoms with Gasteiger partial charge in [0.2, 0.25) is 5.91 Å². The SMILES string of the molecule is C/C=C\c1ccc2n(c1=O)C[C@@H]1[C@@H](CO)[C@H](C(=O)NCCCN(C)C)[C@H]2N1Cc1nccs1. The minimum absolute atomic E-state index is 0.0433. The molecular weight excluding hydrogens is 438 g/mol. The highest BCUT2D eigenvalue weighted by molar-refractivity contribution is 7.09. The number of pyridine rings is 1. The fraction of sp³-hybridized carbons (Fsp3) is 0.542. The molecule has 2 aliphatic heterocycles. The molecule has 0 aliphatic carbocycles. The zero-order chi connectivity index (χ0) is 23.5. The van der Waals surface area contributed by atoms with Crippen LogP contribution in [0.5, 0.6) is 0 Å². The molecule has 2 aromatic rings. The van der Waals surface area contributed by atoms with Crippen molar-refractivity contribution >= 4 is 23.3 Å². The largest absolute Gasteiger partial charge is 0.396 e. The first-order valence-electron chi connectivity index (χ1n) is 11.5. The molecule has 0 saturated carbocycles.